The number of thiazole rings is 1. The highest BCUT2D eigenvalue weighted by molar-refractivity contribution is 7.99. The minimum Gasteiger partial charge on any atom is -0.350 e. The van der Waals surface area contributed by atoms with Gasteiger partial charge in [-0.2, -0.15) is 0 Å². The monoisotopic (exact) mass is 410 g/mol. The molecule has 8 heteroatoms. The van der Waals surface area contributed by atoms with Crippen molar-refractivity contribution in [2.75, 3.05) is 24.7 Å². The van der Waals surface area contributed by atoms with Crippen molar-refractivity contribution >= 4 is 34.9 Å². The predicted octanol–water partition coefficient (Wildman–Crippen LogP) is 2.48. The summed E-state index contributed by atoms with van der Waals surface area (Å²) in [5.74, 6) is 1.46. The van der Waals surface area contributed by atoms with Crippen molar-refractivity contribution in [3.05, 3.63) is 16.1 Å². The molecule has 150 valence electrons. The molecule has 2 aliphatic rings. The number of amides is 2. The third kappa shape index (κ3) is 5.45. The van der Waals surface area contributed by atoms with Gasteiger partial charge in [0.05, 0.1) is 16.6 Å². The maximum absolute atomic E-state index is 13.1. The zero-order valence-corrected chi connectivity index (χ0v) is 18.3. The molecule has 3 rings (SSSR count). The highest BCUT2D eigenvalue weighted by Crippen LogP contribution is 2.28. The molecule has 2 amide bonds. The van der Waals surface area contributed by atoms with E-state index < -0.39 is 0 Å². The Hall–Kier alpha value is -1.12. The smallest absolute Gasteiger partial charge is 0.244 e. The number of rotatable bonds is 4. The van der Waals surface area contributed by atoms with Crippen molar-refractivity contribution in [2.24, 2.45) is 5.92 Å². The highest BCUT2D eigenvalue weighted by atomic mass is 32.2. The Morgan fingerprint density at radius 2 is 2.00 bits per heavy atom. The fourth-order valence-electron chi connectivity index (χ4n) is 3.61. The molecular formula is C19H30N4O2S2. The zero-order chi connectivity index (χ0) is 19.6. The quantitative estimate of drug-likeness (QED) is 0.826. The second kappa shape index (κ2) is 8.49. The van der Waals surface area contributed by atoms with Gasteiger partial charge in [0.2, 0.25) is 11.8 Å². The van der Waals surface area contributed by atoms with Crippen LogP contribution in [0.4, 0.5) is 0 Å². The van der Waals surface area contributed by atoms with Crippen molar-refractivity contribution in [3.8, 4) is 0 Å². The van der Waals surface area contributed by atoms with E-state index >= 15 is 0 Å². The summed E-state index contributed by atoms with van der Waals surface area (Å²) in [6.07, 6.45) is 1.72. The van der Waals surface area contributed by atoms with Crippen molar-refractivity contribution in [1.29, 1.82) is 0 Å². The number of thioether (sulfide) groups is 1. The number of hydrogen-bond donors (Lipinski definition) is 1. The molecular weight excluding hydrogens is 380 g/mol. The number of likely N-dealkylation sites (tertiary alicyclic amines) is 1. The normalized spacial score (nSPS) is 22.2. The largest absolute Gasteiger partial charge is 0.350 e. The number of aryl methyl sites for hydroxylation is 1. The van der Waals surface area contributed by atoms with E-state index in [0.717, 1.165) is 43.2 Å². The van der Waals surface area contributed by atoms with Crippen molar-refractivity contribution < 1.29 is 9.59 Å². The average molecular weight is 411 g/mol. The van der Waals surface area contributed by atoms with Crippen LogP contribution in [0.5, 0.6) is 0 Å². The predicted molar refractivity (Wildman–Crippen MR) is 111 cm³/mol. The number of nitrogens with zero attached hydrogens (tertiary/aromatic N) is 3. The second-order valence-electron chi connectivity index (χ2n) is 8.47. The fourth-order valence-corrected chi connectivity index (χ4v) is 5.38. The van der Waals surface area contributed by atoms with Crippen LogP contribution < -0.4 is 5.32 Å². The molecule has 6 nitrogen and oxygen atoms in total. The minimum absolute atomic E-state index is 0.0297. The molecule has 1 aromatic heterocycles. The van der Waals surface area contributed by atoms with Crippen LogP contribution in [0.25, 0.3) is 0 Å². The van der Waals surface area contributed by atoms with E-state index in [4.69, 9.17) is 0 Å². The summed E-state index contributed by atoms with van der Waals surface area (Å²) in [5, 5.41) is 6.24. The van der Waals surface area contributed by atoms with Gasteiger partial charge in [0, 0.05) is 29.1 Å². The number of hydrogen-bond acceptors (Lipinski definition) is 6. The molecule has 2 aliphatic heterocycles. The molecule has 27 heavy (non-hydrogen) atoms. The Bertz CT molecular complexity index is 677. The first-order valence-corrected chi connectivity index (χ1v) is 11.6. The van der Waals surface area contributed by atoms with Crippen LogP contribution >= 0.6 is 23.1 Å². The molecule has 0 radical (unpaired) electrons. The molecule has 2 saturated heterocycles. The SMILES string of the molecule is Cc1nc(CN2CCC(C(=O)N3CSCC3C(=O)NC(C)(C)C)CC2)cs1. The lowest BCUT2D eigenvalue weighted by atomic mass is 9.94. The molecule has 0 aliphatic carbocycles. The van der Waals surface area contributed by atoms with Gasteiger partial charge in [-0.15, -0.1) is 23.1 Å². The maximum atomic E-state index is 13.1. The lowest BCUT2D eigenvalue weighted by Gasteiger charge is -2.34. The van der Waals surface area contributed by atoms with Gasteiger partial charge in [-0.25, -0.2) is 4.98 Å². The average Bonchev–Trinajstić information content (AvgIpc) is 3.22. The van der Waals surface area contributed by atoms with Crippen molar-refractivity contribution in [3.63, 3.8) is 0 Å². The topological polar surface area (TPSA) is 65.5 Å². The Kier molecular flexibility index (Phi) is 6.48. The third-order valence-electron chi connectivity index (χ3n) is 4.96. The lowest BCUT2D eigenvalue weighted by molar-refractivity contribution is -0.142. The van der Waals surface area contributed by atoms with Crippen molar-refractivity contribution in [2.45, 2.75) is 58.7 Å². The molecule has 0 spiro atoms. The first kappa shape index (κ1) is 20.6. The lowest BCUT2D eigenvalue weighted by Crippen LogP contribution is -2.54. The van der Waals surface area contributed by atoms with Crippen LogP contribution in [0.2, 0.25) is 0 Å². The van der Waals surface area contributed by atoms with Gasteiger partial charge >= 0.3 is 0 Å². The zero-order valence-electron chi connectivity index (χ0n) is 16.7. The van der Waals surface area contributed by atoms with Crippen LogP contribution in [0.15, 0.2) is 5.38 Å². The maximum Gasteiger partial charge on any atom is 0.244 e. The number of nitrogens with one attached hydrogen (secondary N) is 1. The van der Waals surface area contributed by atoms with Gasteiger partial charge in [0.15, 0.2) is 0 Å². The van der Waals surface area contributed by atoms with E-state index in [0.29, 0.717) is 11.6 Å². The number of carbonyl (C=O) groups is 2. The Morgan fingerprint density at radius 1 is 1.30 bits per heavy atom. The molecule has 3 heterocycles. The number of aromatic nitrogens is 1. The fraction of sp³-hybridized carbons (Fsp3) is 0.737. The van der Waals surface area contributed by atoms with E-state index in [9.17, 15) is 9.59 Å². The molecule has 0 saturated carbocycles. The standard InChI is InChI=1S/C19H30N4O2S2/c1-13-20-15(10-27-13)9-22-7-5-14(6-8-22)18(25)23-12-26-11-16(23)17(24)21-19(2,3)4/h10,14,16H,5-9,11-12H2,1-4H3,(H,21,24). The molecule has 1 unspecified atom stereocenters. The molecule has 2 fully saturated rings. The minimum atomic E-state index is -0.335. The van der Waals surface area contributed by atoms with Gasteiger partial charge in [-0.3, -0.25) is 14.5 Å². The summed E-state index contributed by atoms with van der Waals surface area (Å²) in [7, 11) is 0. The van der Waals surface area contributed by atoms with Gasteiger partial charge in [0.25, 0.3) is 0 Å². The van der Waals surface area contributed by atoms with Crippen LogP contribution in [-0.4, -0.2) is 62.9 Å². The summed E-state index contributed by atoms with van der Waals surface area (Å²) >= 11 is 3.35. The van der Waals surface area contributed by atoms with Gasteiger partial charge < -0.3 is 10.2 Å². The van der Waals surface area contributed by atoms with Crippen molar-refractivity contribution in [1.82, 2.24) is 20.1 Å². The third-order valence-corrected chi connectivity index (χ3v) is 6.79. The van der Waals surface area contributed by atoms with Gasteiger partial charge in [-0.1, -0.05) is 0 Å². The van der Waals surface area contributed by atoms with Crippen LogP contribution in [0, 0.1) is 12.8 Å². The van der Waals surface area contributed by atoms with E-state index in [1.807, 2.05) is 27.7 Å². The van der Waals surface area contributed by atoms with Crippen LogP contribution in [0.3, 0.4) is 0 Å². The van der Waals surface area contributed by atoms with E-state index in [-0.39, 0.29) is 29.3 Å². The number of carbonyl (C=O) groups excluding carboxylic acids is 2. The molecule has 1 aromatic rings. The Morgan fingerprint density at radius 3 is 2.59 bits per heavy atom. The molecule has 0 bridgehead atoms. The van der Waals surface area contributed by atoms with E-state index in [1.165, 1.54) is 0 Å². The molecule has 1 atom stereocenters. The molecule has 1 N–H and O–H groups in total. The Balaban J connectivity index is 1.53. The first-order chi connectivity index (χ1) is 12.7. The first-order valence-electron chi connectivity index (χ1n) is 9.56. The second-order valence-corrected chi connectivity index (χ2v) is 10.5. The number of piperidine rings is 1. The summed E-state index contributed by atoms with van der Waals surface area (Å²) in [6, 6.07) is -0.335. The van der Waals surface area contributed by atoms with Crippen LogP contribution in [0.1, 0.15) is 44.3 Å². The van der Waals surface area contributed by atoms with E-state index in [2.05, 4.69) is 20.6 Å². The van der Waals surface area contributed by atoms with E-state index in [1.54, 1.807) is 28.0 Å². The van der Waals surface area contributed by atoms with Gasteiger partial charge in [-0.05, 0) is 53.6 Å². The van der Waals surface area contributed by atoms with Crippen LogP contribution in [-0.2, 0) is 16.1 Å². The molecule has 0 aromatic carbocycles. The summed E-state index contributed by atoms with van der Waals surface area (Å²) in [5.41, 5.74) is 0.843. The highest BCUT2D eigenvalue weighted by Gasteiger charge is 2.39. The summed E-state index contributed by atoms with van der Waals surface area (Å²) in [6.45, 7) is 10.6. The summed E-state index contributed by atoms with van der Waals surface area (Å²) < 4.78 is 0. The van der Waals surface area contributed by atoms with Gasteiger partial charge in [0.1, 0.15) is 6.04 Å². The summed E-state index contributed by atoms with van der Waals surface area (Å²) in [4.78, 5) is 34.3. The Labute approximate surface area is 170 Å².